The molecule has 7 heteroatoms. The minimum Gasteiger partial charge on any atom is -0.497 e. The summed E-state index contributed by atoms with van der Waals surface area (Å²) in [5.41, 5.74) is 4.32. The third kappa shape index (κ3) is 4.04. The molecule has 1 N–H and O–H groups in total. The number of benzene rings is 3. The van der Waals surface area contributed by atoms with Gasteiger partial charge in [0.05, 0.1) is 18.9 Å². The Kier molecular flexibility index (Phi) is 5.50. The molecule has 0 aliphatic rings. The summed E-state index contributed by atoms with van der Waals surface area (Å²) in [6, 6.07) is 21.5. The quantitative estimate of drug-likeness (QED) is 0.530. The number of nitrogens with zero attached hydrogens (tertiary/aromatic N) is 2. The molecule has 0 atom stereocenters. The molecule has 1 aromatic heterocycles. The van der Waals surface area contributed by atoms with Crippen LogP contribution in [-0.2, 0) is 11.2 Å². The maximum atomic E-state index is 12.9. The van der Waals surface area contributed by atoms with E-state index in [0.29, 0.717) is 27.2 Å². The standard InChI is InChI=1S/C23H18ClN3O3/c1-30-18-6-4-5-15(13-18)14-21(28)25-27-23(29)20-8-3-2-7-19(20)22(26-27)16-9-11-17(24)12-10-16/h2-13H,14H2,1H3,(H,25,28). The Hall–Kier alpha value is -3.64. The van der Waals surface area contributed by atoms with Crippen molar-refractivity contribution in [1.82, 2.24) is 9.89 Å². The van der Waals surface area contributed by atoms with Gasteiger partial charge in [-0.3, -0.25) is 9.59 Å². The minimum absolute atomic E-state index is 0.0778. The van der Waals surface area contributed by atoms with Crippen molar-refractivity contribution in [3.8, 4) is 17.0 Å². The second-order valence-corrected chi connectivity index (χ2v) is 7.12. The van der Waals surface area contributed by atoms with E-state index in [1.807, 2.05) is 30.3 Å². The predicted molar refractivity (Wildman–Crippen MR) is 118 cm³/mol. The van der Waals surface area contributed by atoms with Crippen molar-refractivity contribution in [3.63, 3.8) is 0 Å². The summed E-state index contributed by atoms with van der Waals surface area (Å²) in [5, 5.41) is 6.17. The van der Waals surface area contributed by atoms with Crippen molar-refractivity contribution < 1.29 is 9.53 Å². The summed E-state index contributed by atoms with van der Waals surface area (Å²) in [7, 11) is 1.57. The zero-order valence-corrected chi connectivity index (χ0v) is 16.9. The Morgan fingerprint density at radius 2 is 1.77 bits per heavy atom. The van der Waals surface area contributed by atoms with Crippen molar-refractivity contribution in [1.29, 1.82) is 0 Å². The first kappa shape index (κ1) is 19.7. The number of hydrogen-bond donors (Lipinski definition) is 1. The zero-order chi connectivity index (χ0) is 21.1. The van der Waals surface area contributed by atoms with Gasteiger partial charge in [-0.05, 0) is 35.9 Å². The third-order valence-corrected chi connectivity index (χ3v) is 4.90. The monoisotopic (exact) mass is 419 g/mol. The SMILES string of the molecule is COc1cccc(CC(=O)Nn2nc(-c3ccc(Cl)cc3)c3ccccc3c2=O)c1. The van der Waals surface area contributed by atoms with Crippen molar-refractivity contribution in [3.05, 3.63) is 93.7 Å². The normalized spacial score (nSPS) is 10.7. The summed E-state index contributed by atoms with van der Waals surface area (Å²) in [6.45, 7) is 0. The van der Waals surface area contributed by atoms with Crippen molar-refractivity contribution in [2.45, 2.75) is 6.42 Å². The first-order valence-corrected chi connectivity index (χ1v) is 9.64. The van der Waals surface area contributed by atoms with Crippen molar-refractivity contribution in [2.75, 3.05) is 12.5 Å². The van der Waals surface area contributed by atoms with E-state index >= 15 is 0 Å². The molecule has 0 radical (unpaired) electrons. The average Bonchev–Trinajstić information content (AvgIpc) is 2.76. The lowest BCUT2D eigenvalue weighted by Gasteiger charge is -2.12. The number of carbonyl (C=O) groups is 1. The fourth-order valence-electron chi connectivity index (χ4n) is 3.21. The van der Waals surface area contributed by atoms with Gasteiger partial charge in [0.15, 0.2) is 0 Å². The van der Waals surface area contributed by atoms with E-state index in [4.69, 9.17) is 16.3 Å². The molecule has 0 aliphatic carbocycles. The molecule has 0 spiro atoms. The van der Waals surface area contributed by atoms with Gasteiger partial charge < -0.3 is 4.74 Å². The average molecular weight is 420 g/mol. The summed E-state index contributed by atoms with van der Waals surface area (Å²) in [6.07, 6.45) is 0.0778. The van der Waals surface area contributed by atoms with Crippen LogP contribution in [0.2, 0.25) is 5.02 Å². The summed E-state index contributed by atoms with van der Waals surface area (Å²) < 4.78 is 5.19. The van der Waals surface area contributed by atoms with Gasteiger partial charge in [-0.15, -0.1) is 9.89 Å². The lowest BCUT2D eigenvalue weighted by atomic mass is 10.1. The Morgan fingerprint density at radius 3 is 2.50 bits per heavy atom. The highest BCUT2D eigenvalue weighted by atomic mass is 35.5. The second-order valence-electron chi connectivity index (χ2n) is 6.68. The topological polar surface area (TPSA) is 73.2 Å². The van der Waals surface area contributed by atoms with Crippen LogP contribution in [0, 0.1) is 0 Å². The second kappa shape index (κ2) is 8.39. The molecule has 3 aromatic carbocycles. The van der Waals surface area contributed by atoms with Crippen LogP contribution in [-0.4, -0.2) is 22.9 Å². The predicted octanol–water partition coefficient (Wildman–Crippen LogP) is 4.04. The summed E-state index contributed by atoms with van der Waals surface area (Å²) >= 11 is 6.00. The lowest BCUT2D eigenvalue weighted by Crippen LogP contribution is -2.36. The molecule has 0 fully saturated rings. The molecule has 6 nitrogen and oxygen atoms in total. The molecule has 0 aliphatic heterocycles. The van der Waals surface area contributed by atoms with Crippen LogP contribution in [0.3, 0.4) is 0 Å². The van der Waals surface area contributed by atoms with Gasteiger partial charge in [-0.25, -0.2) is 5.43 Å². The molecule has 150 valence electrons. The van der Waals surface area contributed by atoms with Crippen LogP contribution in [0.1, 0.15) is 5.56 Å². The first-order chi connectivity index (χ1) is 14.5. The van der Waals surface area contributed by atoms with E-state index < -0.39 is 5.56 Å². The fraction of sp³-hybridized carbons (Fsp3) is 0.0870. The Morgan fingerprint density at radius 1 is 1.03 bits per heavy atom. The van der Waals surface area contributed by atoms with Gasteiger partial charge in [-0.1, -0.05) is 54.1 Å². The van der Waals surface area contributed by atoms with Crippen LogP contribution < -0.4 is 15.7 Å². The minimum atomic E-state index is -0.401. The highest BCUT2D eigenvalue weighted by molar-refractivity contribution is 6.30. The molecule has 0 bridgehead atoms. The number of nitrogens with one attached hydrogen (secondary N) is 1. The van der Waals surface area contributed by atoms with E-state index in [9.17, 15) is 9.59 Å². The molecule has 30 heavy (non-hydrogen) atoms. The van der Waals surface area contributed by atoms with Gasteiger partial charge in [0.1, 0.15) is 11.4 Å². The van der Waals surface area contributed by atoms with Gasteiger partial charge in [0, 0.05) is 16.0 Å². The summed E-state index contributed by atoms with van der Waals surface area (Å²) in [4.78, 5) is 26.5. The molecule has 1 amide bonds. The van der Waals surface area contributed by atoms with Crippen LogP contribution in [0.4, 0.5) is 0 Å². The van der Waals surface area contributed by atoms with Crippen molar-refractivity contribution in [2.24, 2.45) is 0 Å². The van der Waals surface area contributed by atoms with E-state index in [-0.39, 0.29) is 12.3 Å². The molecule has 1 heterocycles. The first-order valence-electron chi connectivity index (χ1n) is 9.26. The van der Waals surface area contributed by atoms with E-state index in [0.717, 1.165) is 15.9 Å². The van der Waals surface area contributed by atoms with E-state index in [1.54, 1.807) is 49.6 Å². The number of aromatic nitrogens is 2. The van der Waals surface area contributed by atoms with Gasteiger partial charge >= 0.3 is 0 Å². The molecule has 4 rings (SSSR count). The number of hydrogen-bond acceptors (Lipinski definition) is 4. The third-order valence-electron chi connectivity index (χ3n) is 4.65. The molecular weight excluding hydrogens is 402 g/mol. The number of rotatable bonds is 5. The van der Waals surface area contributed by atoms with Crippen LogP contribution in [0.5, 0.6) is 5.75 Å². The van der Waals surface area contributed by atoms with Gasteiger partial charge in [0.2, 0.25) is 5.91 Å². The summed E-state index contributed by atoms with van der Waals surface area (Å²) in [5.74, 6) is 0.293. The lowest BCUT2D eigenvalue weighted by molar-refractivity contribution is -0.116. The number of halogens is 1. The fourth-order valence-corrected chi connectivity index (χ4v) is 3.34. The molecule has 4 aromatic rings. The molecule has 0 saturated heterocycles. The molecule has 0 unspecified atom stereocenters. The number of amides is 1. The molecule has 0 saturated carbocycles. The maximum absolute atomic E-state index is 12.9. The smallest absolute Gasteiger partial charge is 0.294 e. The number of methoxy groups -OCH3 is 1. The Balaban J connectivity index is 1.71. The largest absolute Gasteiger partial charge is 0.497 e. The zero-order valence-electron chi connectivity index (χ0n) is 16.1. The number of fused-ring (bicyclic) bond motifs is 1. The van der Waals surface area contributed by atoms with E-state index in [1.165, 1.54) is 0 Å². The van der Waals surface area contributed by atoms with Gasteiger partial charge in [-0.2, -0.15) is 0 Å². The highest BCUT2D eigenvalue weighted by Gasteiger charge is 2.14. The Labute approximate surface area is 177 Å². The number of carbonyl (C=O) groups excluding carboxylic acids is 1. The number of ether oxygens (including phenoxy) is 1. The molecular formula is C23H18ClN3O3. The van der Waals surface area contributed by atoms with E-state index in [2.05, 4.69) is 10.5 Å². The van der Waals surface area contributed by atoms with Crippen LogP contribution >= 0.6 is 11.6 Å². The van der Waals surface area contributed by atoms with Crippen LogP contribution in [0.15, 0.2) is 77.6 Å². The Bertz CT molecular complexity index is 1280. The highest BCUT2D eigenvalue weighted by Crippen LogP contribution is 2.25. The maximum Gasteiger partial charge on any atom is 0.294 e. The van der Waals surface area contributed by atoms with Crippen molar-refractivity contribution >= 4 is 28.3 Å². The van der Waals surface area contributed by atoms with Gasteiger partial charge in [0.25, 0.3) is 5.56 Å². The van der Waals surface area contributed by atoms with Crippen LogP contribution in [0.25, 0.3) is 22.0 Å².